The SMILES string of the molecule is Cc1nc(Sc2ccc(N)c(C)n2)n[nH]1. The Labute approximate surface area is 91.5 Å². The van der Waals surface area contributed by atoms with E-state index in [0.717, 1.165) is 16.5 Å². The van der Waals surface area contributed by atoms with Gasteiger partial charge in [-0.2, -0.15) is 0 Å². The summed E-state index contributed by atoms with van der Waals surface area (Å²) in [5.41, 5.74) is 7.20. The monoisotopic (exact) mass is 221 g/mol. The molecular formula is C9H11N5S. The number of aryl methyl sites for hydroxylation is 2. The molecule has 2 rings (SSSR count). The summed E-state index contributed by atoms with van der Waals surface area (Å²) in [7, 11) is 0. The van der Waals surface area contributed by atoms with Crippen molar-refractivity contribution in [1.29, 1.82) is 0 Å². The molecule has 0 saturated carbocycles. The Morgan fingerprint density at radius 2 is 2.07 bits per heavy atom. The summed E-state index contributed by atoms with van der Waals surface area (Å²) >= 11 is 1.41. The van der Waals surface area contributed by atoms with Gasteiger partial charge >= 0.3 is 0 Å². The molecule has 0 aliphatic carbocycles. The van der Waals surface area contributed by atoms with Gasteiger partial charge in [0.1, 0.15) is 10.9 Å². The number of nitrogens with one attached hydrogen (secondary N) is 1. The van der Waals surface area contributed by atoms with Crippen molar-refractivity contribution in [3.8, 4) is 0 Å². The molecule has 0 bridgehead atoms. The predicted molar refractivity (Wildman–Crippen MR) is 58.6 cm³/mol. The van der Waals surface area contributed by atoms with E-state index >= 15 is 0 Å². The normalized spacial score (nSPS) is 10.5. The fraction of sp³-hybridized carbons (Fsp3) is 0.222. The molecule has 0 saturated heterocycles. The van der Waals surface area contributed by atoms with E-state index in [4.69, 9.17) is 5.73 Å². The van der Waals surface area contributed by atoms with Crippen LogP contribution in [0.15, 0.2) is 22.3 Å². The maximum absolute atomic E-state index is 5.68. The minimum atomic E-state index is 0.671. The van der Waals surface area contributed by atoms with Crippen LogP contribution in [-0.4, -0.2) is 20.2 Å². The molecule has 6 heteroatoms. The van der Waals surface area contributed by atoms with Gasteiger partial charge in [0.2, 0.25) is 5.16 Å². The average molecular weight is 221 g/mol. The molecule has 0 atom stereocenters. The van der Waals surface area contributed by atoms with Crippen LogP contribution in [0.2, 0.25) is 0 Å². The summed E-state index contributed by atoms with van der Waals surface area (Å²) in [6, 6.07) is 3.70. The van der Waals surface area contributed by atoms with Crippen LogP contribution in [0.5, 0.6) is 0 Å². The molecule has 15 heavy (non-hydrogen) atoms. The van der Waals surface area contributed by atoms with Gasteiger partial charge in [-0.05, 0) is 37.7 Å². The van der Waals surface area contributed by atoms with Crippen molar-refractivity contribution in [1.82, 2.24) is 20.2 Å². The molecule has 3 N–H and O–H groups in total. The summed E-state index contributed by atoms with van der Waals surface area (Å²) in [5, 5.41) is 8.32. The molecule has 5 nitrogen and oxygen atoms in total. The van der Waals surface area contributed by atoms with Crippen LogP contribution in [-0.2, 0) is 0 Å². The first-order valence-electron chi connectivity index (χ1n) is 4.45. The number of anilines is 1. The molecule has 0 unspecified atom stereocenters. The molecule has 2 aromatic heterocycles. The zero-order valence-corrected chi connectivity index (χ0v) is 9.30. The van der Waals surface area contributed by atoms with Crippen molar-refractivity contribution in [3.63, 3.8) is 0 Å². The van der Waals surface area contributed by atoms with Gasteiger partial charge in [0.05, 0.1) is 11.4 Å². The number of hydrogen-bond acceptors (Lipinski definition) is 5. The van der Waals surface area contributed by atoms with Crippen LogP contribution >= 0.6 is 11.8 Å². The second-order valence-electron chi connectivity index (χ2n) is 3.13. The minimum Gasteiger partial charge on any atom is -0.397 e. The van der Waals surface area contributed by atoms with E-state index in [9.17, 15) is 0 Å². The fourth-order valence-electron chi connectivity index (χ4n) is 1.07. The zero-order valence-electron chi connectivity index (χ0n) is 8.48. The second-order valence-corrected chi connectivity index (χ2v) is 4.12. The number of nitrogens with two attached hydrogens (primary N) is 1. The van der Waals surface area contributed by atoms with Crippen molar-refractivity contribution >= 4 is 17.4 Å². The molecule has 2 aromatic rings. The van der Waals surface area contributed by atoms with Crippen molar-refractivity contribution < 1.29 is 0 Å². The topological polar surface area (TPSA) is 80.5 Å². The zero-order chi connectivity index (χ0) is 10.8. The molecule has 0 fully saturated rings. The largest absolute Gasteiger partial charge is 0.397 e. The minimum absolute atomic E-state index is 0.671. The third kappa shape index (κ3) is 2.27. The van der Waals surface area contributed by atoms with Gasteiger partial charge in [0, 0.05) is 0 Å². The van der Waals surface area contributed by atoms with Crippen LogP contribution in [0.3, 0.4) is 0 Å². The summed E-state index contributed by atoms with van der Waals surface area (Å²) in [5.74, 6) is 0.796. The highest BCUT2D eigenvalue weighted by molar-refractivity contribution is 7.99. The molecule has 0 aromatic carbocycles. The average Bonchev–Trinajstić information content (AvgIpc) is 2.58. The van der Waals surface area contributed by atoms with Gasteiger partial charge in [-0.15, -0.1) is 5.10 Å². The maximum Gasteiger partial charge on any atom is 0.214 e. The van der Waals surface area contributed by atoms with Gasteiger partial charge in [-0.1, -0.05) is 0 Å². The van der Waals surface area contributed by atoms with E-state index in [1.54, 1.807) is 0 Å². The van der Waals surface area contributed by atoms with Crippen LogP contribution in [0, 0.1) is 13.8 Å². The van der Waals surface area contributed by atoms with E-state index in [2.05, 4.69) is 20.2 Å². The number of aromatic amines is 1. The number of H-pyrrole nitrogens is 1. The molecule has 78 valence electrons. The lowest BCUT2D eigenvalue weighted by molar-refractivity contribution is 0.962. The summed E-state index contributed by atoms with van der Waals surface area (Å²) in [6.45, 7) is 3.74. The molecule has 0 amide bonds. The Hall–Kier alpha value is -1.56. The van der Waals surface area contributed by atoms with Crippen molar-refractivity contribution in [2.45, 2.75) is 24.0 Å². The van der Waals surface area contributed by atoms with Crippen molar-refractivity contribution in [2.75, 3.05) is 5.73 Å². The highest BCUT2D eigenvalue weighted by atomic mass is 32.2. The van der Waals surface area contributed by atoms with Gasteiger partial charge in [-0.25, -0.2) is 9.97 Å². The van der Waals surface area contributed by atoms with Gasteiger partial charge in [-0.3, -0.25) is 5.10 Å². The van der Waals surface area contributed by atoms with E-state index in [1.165, 1.54) is 11.8 Å². The Balaban J connectivity index is 2.21. The molecule has 0 aliphatic rings. The van der Waals surface area contributed by atoms with Crippen LogP contribution < -0.4 is 5.73 Å². The van der Waals surface area contributed by atoms with E-state index in [1.807, 2.05) is 26.0 Å². The molecule has 0 radical (unpaired) electrons. The highest BCUT2D eigenvalue weighted by Gasteiger charge is 2.05. The first-order chi connectivity index (χ1) is 7.15. The fourth-order valence-corrected chi connectivity index (χ4v) is 1.85. The maximum atomic E-state index is 5.68. The van der Waals surface area contributed by atoms with Gasteiger partial charge in [0.15, 0.2) is 0 Å². The smallest absolute Gasteiger partial charge is 0.214 e. The lowest BCUT2D eigenvalue weighted by Crippen LogP contribution is -1.93. The first kappa shape index (κ1) is 9.97. The van der Waals surface area contributed by atoms with Crippen molar-refractivity contribution in [3.05, 3.63) is 23.7 Å². The number of rotatable bonds is 2. The number of nitrogens with zero attached hydrogens (tertiary/aromatic N) is 3. The van der Waals surface area contributed by atoms with E-state index in [-0.39, 0.29) is 0 Å². The summed E-state index contributed by atoms with van der Waals surface area (Å²) < 4.78 is 0. The standard InChI is InChI=1S/C9H11N5S/c1-5-7(10)3-4-8(11-5)15-9-12-6(2)13-14-9/h3-4H,10H2,1-2H3,(H,12,13,14). The van der Waals surface area contributed by atoms with Gasteiger partial charge < -0.3 is 5.73 Å². The Morgan fingerprint density at radius 1 is 1.27 bits per heavy atom. The quantitative estimate of drug-likeness (QED) is 0.804. The molecular weight excluding hydrogens is 210 g/mol. The Bertz CT molecular complexity index is 479. The van der Waals surface area contributed by atoms with Crippen LogP contribution in [0.25, 0.3) is 0 Å². The highest BCUT2D eigenvalue weighted by Crippen LogP contribution is 2.23. The van der Waals surface area contributed by atoms with Gasteiger partial charge in [0.25, 0.3) is 0 Å². The summed E-state index contributed by atoms with van der Waals surface area (Å²) in [4.78, 5) is 8.50. The second kappa shape index (κ2) is 3.90. The molecule has 0 spiro atoms. The third-order valence-corrected chi connectivity index (χ3v) is 2.68. The third-order valence-electron chi connectivity index (χ3n) is 1.87. The summed E-state index contributed by atoms with van der Waals surface area (Å²) in [6.07, 6.45) is 0. The van der Waals surface area contributed by atoms with Crippen molar-refractivity contribution in [2.24, 2.45) is 0 Å². The number of aromatic nitrogens is 4. The van der Waals surface area contributed by atoms with Crippen LogP contribution in [0.1, 0.15) is 11.5 Å². The molecule has 0 aliphatic heterocycles. The first-order valence-corrected chi connectivity index (χ1v) is 5.27. The van der Waals surface area contributed by atoms with E-state index < -0.39 is 0 Å². The lowest BCUT2D eigenvalue weighted by atomic mass is 10.3. The predicted octanol–water partition coefficient (Wildman–Crippen LogP) is 1.55. The number of hydrogen-bond donors (Lipinski definition) is 2. The number of nitrogen functional groups attached to an aromatic ring is 1. The lowest BCUT2D eigenvalue weighted by Gasteiger charge is -2.00. The Morgan fingerprint density at radius 3 is 2.67 bits per heavy atom. The number of pyridine rings is 1. The van der Waals surface area contributed by atoms with E-state index in [0.29, 0.717) is 10.8 Å². The molecule has 2 heterocycles. The van der Waals surface area contributed by atoms with Crippen LogP contribution in [0.4, 0.5) is 5.69 Å². The Kier molecular flexibility index (Phi) is 2.59.